The first-order valence-electron chi connectivity index (χ1n) is 21.9. The van der Waals surface area contributed by atoms with Crippen molar-refractivity contribution < 1.29 is 0 Å². The zero-order chi connectivity index (χ0) is 43.1. The predicted molar refractivity (Wildman–Crippen MR) is 282 cm³/mol. The first-order valence-corrected chi connectivity index (χ1v) is 23.5. The van der Waals surface area contributed by atoms with Gasteiger partial charge in [-0.1, -0.05) is 121 Å². The quantitative estimate of drug-likeness (QED) is 0.136. The van der Waals surface area contributed by atoms with Gasteiger partial charge in [0.25, 0.3) is 0 Å². The molecule has 2 heterocycles. The highest BCUT2D eigenvalue weighted by Gasteiger charge is 2.19. The van der Waals surface area contributed by atoms with Crippen LogP contribution < -0.4 is 14.7 Å². The first kappa shape index (κ1) is 38.7. The molecule has 12 aromatic rings. The van der Waals surface area contributed by atoms with Crippen LogP contribution in [0, 0.1) is 0 Å². The summed E-state index contributed by atoms with van der Waals surface area (Å²) < 4.78 is 5.10. The lowest BCUT2D eigenvalue weighted by atomic mass is 10.0. The molecule has 5 heteroatoms. The van der Waals surface area contributed by atoms with Crippen molar-refractivity contribution in [1.29, 1.82) is 0 Å². The van der Waals surface area contributed by atoms with Gasteiger partial charge in [-0.15, -0.1) is 22.7 Å². The number of thiophene rings is 2. The van der Waals surface area contributed by atoms with Crippen LogP contribution in [0.1, 0.15) is 0 Å². The Bertz CT molecular complexity index is 3510. The first-order chi connectivity index (χ1) is 32.2. The second kappa shape index (κ2) is 16.6. The highest BCUT2D eigenvalue weighted by molar-refractivity contribution is 7.26. The summed E-state index contributed by atoms with van der Waals surface area (Å²) in [5, 5.41) is 5.08. The monoisotopic (exact) mass is 867 g/mol. The van der Waals surface area contributed by atoms with Gasteiger partial charge >= 0.3 is 0 Å². The van der Waals surface area contributed by atoms with E-state index < -0.39 is 0 Å². The van der Waals surface area contributed by atoms with Crippen LogP contribution in [0.3, 0.4) is 0 Å². The number of para-hydroxylation sites is 5. The maximum Gasteiger partial charge on any atom is 0.0476 e. The van der Waals surface area contributed by atoms with Crippen molar-refractivity contribution in [2.45, 2.75) is 0 Å². The second-order valence-corrected chi connectivity index (χ2v) is 18.4. The van der Waals surface area contributed by atoms with Crippen molar-refractivity contribution in [3.8, 4) is 11.1 Å². The fourth-order valence-corrected chi connectivity index (χ4v) is 11.4. The van der Waals surface area contributed by atoms with E-state index in [1.54, 1.807) is 0 Å². The maximum absolute atomic E-state index is 2.37. The van der Waals surface area contributed by atoms with Gasteiger partial charge in [0.2, 0.25) is 0 Å². The third-order valence-corrected chi connectivity index (χ3v) is 14.5. The zero-order valence-electron chi connectivity index (χ0n) is 35.3. The zero-order valence-corrected chi connectivity index (χ0v) is 37.0. The molecular formula is C60H41N3S2. The Morgan fingerprint density at radius 1 is 0.200 bits per heavy atom. The molecule has 0 aliphatic heterocycles. The van der Waals surface area contributed by atoms with Gasteiger partial charge in [-0.3, -0.25) is 0 Å². The molecule has 12 rings (SSSR count). The van der Waals surface area contributed by atoms with Crippen LogP contribution >= 0.6 is 22.7 Å². The fraction of sp³-hybridized carbons (Fsp3) is 0. The van der Waals surface area contributed by atoms with Crippen LogP contribution in [0.4, 0.5) is 51.2 Å². The molecule has 3 nitrogen and oxygen atoms in total. The molecule has 0 aliphatic rings. The van der Waals surface area contributed by atoms with Gasteiger partial charge in [0, 0.05) is 91.5 Å². The van der Waals surface area contributed by atoms with Crippen LogP contribution in [-0.4, -0.2) is 0 Å². The molecule has 308 valence electrons. The molecular weight excluding hydrogens is 827 g/mol. The van der Waals surface area contributed by atoms with E-state index in [-0.39, 0.29) is 0 Å². The van der Waals surface area contributed by atoms with E-state index >= 15 is 0 Å². The molecule has 0 spiro atoms. The Hall–Kier alpha value is -7.96. The molecule has 0 bridgehead atoms. The fourth-order valence-electron chi connectivity index (χ4n) is 9.15. The number of hydrogen-bond acceptors (Lipinski definition) is 5. The van der Waals surface area contributed by atoms with E-state index in [4.69, 9.17) is 0 Å². The third kappa shape index (κ3) is 7.27. The van der Waals surface area contributed by atoms with Crippen LogP contribution in [0.5, 0.6) is 0 Å². The van der Waals surface area contributed by atoms with Crippen molar-refractivity contribution in [1.82, 2.24) is 0 Å². The molecule has 0 amide bonds. The van der Waals surface area contributed by atoms with Gasteiger partial charge in [0.1, 0.15) is 0 Å². The van der Waals surface area contributed by atoms with E-state index in [0.29, 0.717) is 0 Å². The number of nitrogens with zero attached hydrogens (tertiary/aromatic N) is 3. The van der Waals surface area contributed by atoms with E-state index in [1.165, 1.54) is 51.5 Å². The van der Waals surface area contributed by atoms with Gasteiger partial charge in [-0.05, 0) is 139 Å². The summed E-state index contributed by atoms with van der Waals surface area (Å²) in [6.45, 7) is 0. The lowest BCUT2D eigenvalue weighted by molar-refractivity contribution is 1.29. The van der Waals surface area contributed by atoms with Crippen LogP contribution in [0.25, 0.3) is 51.5 Å². The van der Waals surface area contributed by atoms with E-state index in [0.717, 1.165) is 51.2 Å². The Morgan fingerprint density at radius 3 is 0.923 bits per heavy atom. The molecule has 0 saturated heterocycles. The minimum Gasteiger partial charge on any atom is -0.310 e. The second-order valence-electron chi connectivity index (χ2n) is 16.2. The molecule has 0 N–H and O–H groups in total. The third-order valence-electron chi connectivity index (χ3n) is 12.2. The summed E-state index contributed by atoms with van der Waals surface area (Å²) in [5.74, 6) is 0. The Kier molecular flexibility index (Phi) is 9.90. The van der Waals surface area contributed by atoms with E-state index in [1.807, 2.05) is 22.7 Å². The Morgan fingerprint density at radius 2 is 0.508 bits per heavy atom. The Balaban J connectivity index is 0.875. The van der Waals surface area contributed by atoms with E-state index in [9.17, 15) is 0 Å². The number of fused-ring (bicyclic) bond motifs is 6. The van der Waals surface area contributed by atoms with Gasteiger partial charge < -0.3 is 14.7 Å². The van der Waals surface area contributed by atoms with Crippen molar-refractivity contribution in [2.24, 2.45) is 0 Å². The normalized spacial score (nSPS) is 11.4. The van der Waals surface area contributed by atoms with Crippen molar-refractivity contribution in [2.75, 3.05) is 14.7 Å². The highest BCUT2D eigenvalue weighted by atomic mass is 32.1. The summed E-state index contributed by atoms with van der Waals surface area (Å²) in [5.41, 5.74) is 12.6. The molecule has 0 radical (unpaired) electrons. The molecule has 10 aromatic carbocycles. The number of benzene rings is 10. The van der Waals surface area contributed by atoms with Gasteiger partial charge in [0.15, 0.2) is 0 Å². The van der Waals surface area contributed by atoms with Crippen molar-refractivity contribution in [3.05, 3.63) is 249 Å². The summed E-state index contributed by atoms with van der Waals surface area (Å²) in [6, 6.07) is 89.8. The highest BCUT2D eigenvalue weighted by Crippen LogP contribution is 2.45. The summed E-state index contributed by atoms with van der Waals surface area (Å²) in [4.78, 5) is 7.04. The summed E-state index contributed by atoms with van der Waals surface area (Å²) in [7, 11) is 0. The molecule has 0 saturated carbocycles. The van der Waals surface area contributed by atoms with Gasteiger partial charge in [0.05, 0.1) is 0 Å². The topological polar surface area (TPSA) is 9.72 Å². The molecule has 0 unspecified atom stereocenters. The lowest BCUT2D eigenvalue weighted by Crippen LogP contribution is -2.09. The van der Waals surface area contributed by atoms with E-state index in [2.05, 4.69) is 263 Å². The smallest absolute Gasteiger partial charge is 0.0476 e. The molecule has 65 heavy (non-hydrogen) atoms. The standard InChI is InChI=1S/C60H41N3S2/c1-6-16-44(17-7-1)61(45-18-8-2-9-19-45)50-32-36-57-55(39-50)53-34-28-43(38-59(53)64-57)42-26-29-49(30-27-42)63(48-24-14-5-15-25-48)52-31-35-54-56-40-51(33-37-58(56)65-60(54)41-52)62(46-20-10-3-11-21-46)47-22-12-4-13-23-47/h1-41H. The Labute approximate surface area is 386 Å². The summed E-state index contributed by atoms with van der Waals surface area (Å²) in [6.07, 6.45) is 0. The van der Waals surface area contributed by atoms with Gasteiger partial charge in [-0.2, -0.15) is 0 Å². The molecule has 0 atom stereocenters. The molecule has 0 fully saturated rings. The largest absolute Gasteiger partial charge is 0.310 e. The SMILES string of the molecule is c1ccc(N(c2ccc(-c3ccc4c(c3)sc3ccc(N(c5ccccc5)c5ccccc5)cc34)cc2)c2ccc3c(c2)sc2ccc(N(c4ccccc4)c4ccccc4)cc23)cc1. The molecule has 0 aliphatic carbocycles. The number of rotatable bonds is 10. The number of anilines is 9. The summed E-state index contributed by atoms with van der Waals surface area (Å²) >= 11 is 3.71. The lowest BCUT2D eigenvalue weighted by Gasteiger charge is -2.26. The maximum atomic E-state index is 2.37. The minimum absolute atomic E-state index is 1.11. The average Bonchev–Trinajstić information content (AvgIpc) is 3.93. The minimum atomic E-state index is 1.11. The van der Waals surface area contributed by atoms with Gasteiger partial charge in [-0.25, -0.2) is 0 Å². The average molecular weight is 868 g/mol. The van der Waals surface area contributed by atoms with Crippen LogP contribution in [-0.2, 0) is 0 Å². The molecule has 2 aromatic heterocycles. The number of hydrogen-bond donors (Lipinski definition) is 0. The van der Waals surface area contributed by atoms with Crippen molar-refractivity contribution in [3.63, 3.8) is 0 Å². The van der Waals surface area contributed by atoms with Crippen LogP contribution in [0.15, 0.2) is 249 Å². The van der Waals surface area contributed by atoms with Crippen LogP contribution in [0.2, 0.25) is 0 Å². The predicted octanol–water partition coefficient (Wildman–Crippen LogP) is 18.5. The van der Waals surface area contributed by atoms with Crippen molar-refractivity contribution >= 4 is 114 Å².